The van der Waals surface area contributed by atoms with Gasteiger partial charge in [-0.3, -0.25) is 15.0 Å². The third-order valence-electron chi connectivity index (χ3n) is 2.33. The predicted molar refractivity (Wildman–Crippen MR) is 67.0 cm³/mol. The quantitative estimate of drug-likeness (QED) is 0.757. The van der Waals surface area contributed by atoms with Crippen molar-refractivity contribution in [2.45, 2.75) is 6.92 Å². The number of rotatable bonds is 3. The second-order valence-electron chi connectivity index (χ2n) is 3.51. The van der Waals surface area contributed by atoms with Gasteiger partial charge in [-0.2, -0.15) is 0 Å². The number of hydrogen-bond acceptors (Lipinski definition) is 4. The van der Waals surface area contributed by atoms with Crippen molar-refractivity contribution in [2.75, 3.05) is 7.11 Å². The van der Waals surface area contributed by atoms with E-state index in [1.54, 1.807) is 31.9 Å². The minimum atomic E-state index is 0.720. The number of benzene rings is 1. The molecule has 0 unspecified atom stereocenters. The zero-order valence-corrected chi connectivity index (χ0v) is 9.79. The lowest BCUT2D eigenvalue weighted by Gasteiger charge is -2.06. The first kappa shape index (κ1) is 11.3. The fourth-order valence-electron chi connectivity index (χ4n) is 1.47. The monoisotopic (exact) mass is 227 g/mol. The molecule has 1 aromatic carbocycles. The van der Waals surface area contributed by atoms with Crippen LogP contribution in [0.4, 0.5) is 5.69 Å². The van der Waals surface area contributed by atoms with Gasteiger partial charge in [-0.1, -0.05) is 12.1 Å². The molecule has 0 saturated carbocycles. The lowest BCUT2D eigenvalue weighted by atomic mass is 10.2. The molecule has 4 heteroatoms. The fourth-order valence-corrected chi connectivity index (χ4v) is 1.47. The highest BCUT2D eigenvalue weighted by molar-refractivity contribution is 5.80. The molecule has 0 atom stereocenters. The van der Waals surface area contributed by atoms with E-state index in [-0.39, 0.29) is 0 Å². The molecule has 2 aromatic rings. The van der Waals surface area contributed by atoms with Crippen LogP contribution >= 0.6 is 0 Å². The summed E-state index contributed by atoms with van der Waals surface area (Å²) >= 11 is 0. The van der Waals surface area contributed by atoms with Gasteiger partial charge in [0.25, 0.3) is 0 Å². The molecule has 1 aromatic heterocycles. The van der Waals surface area contributed by atoms with Crippen molar-refractivity contribution in [3.8, 4) is 5.75 Å². The minimum Gasteiger partial charge on any atom is -0.494 e. The summed E-state index contributed by atoms with van der Waals surface area (Å²) in [6.07, 6.45) is 6.61. The van der Waals surface area contributed by atoms with Gasteiger partial charge in [0.1, 0.15) is 11.4 Å². The van der Waals surface area contributed by atoms with Crippen LogP contribution in [0.3, 0.4) is 0 Å². The molecule has 1 heterocycles. The average Bonchev–Trinajstić information content (AvgIpc) is 2.38. The van der Waals surface area contributed by atoms with Gasteiger partial charge in [-0.15, -0.1) is 0 Å². The van der Waals surface area contributed by atoms with Crippen molar-refractivity contribution in [2.24, 2.45) is 4.99 Å². The zero-order chi connectivity index (χ0) is 12.1. The summed E-state index contributed by atoms with van der Waals surface area (Å²) < 4.78 is 5.26. The van der Waals surface area contributed by atoms with E-state index in [0.29, 0.717) is 0 Å². The maximum absolute atomic E-state index is 5.26. The van der Waals surface area contributed by atoms with Crippen LogP contribution in [0.2, 0.25) is 0 Å². The summed E-state index contributed by atoms with van der Waals surface area (Å²) in [6.45, 7) is 1.99. The summed E-state index contributed by atoms with van der Waals surface area (Å²) in [5.41, 5.74) is 2.60. The zero-order valence-electron chi connectivity index (χ0n) is 9.79. The molecular formula is C13H13N3O. The summed E-state index contributed by atoms with van der Waals surface area (Å²) in [5.74, 6) is 0.755. The molecule has 2 rings (SSSR count). The standard InChI is InChI=1S/C13H13N3O/c1-10-4-3-5-12(17-2)13(10)16-9-11-8-14-6-7-15-11/h3-9H,1-2H3/b16-9+. The average molecular weight is 227 g/mol. The number of ether oxygens (including phenoxy) is 1. The summed E-state index contributed by atoms with van der Waals surface area (Å²) in [7, 11) is 1.64. The van der Waals surface area contributed by atoms with Gasteiger partial charge in [0, 0.05) is 12.4 Å². The largest absolute Gasteiger partial charge is 0.494 e. The lowest BCUT2D eigenvalue weighted by molar-refractivity contribution is 0.416. The van der Waals surface area contributed by atoms with Gasteiger partial charge in [0.15, 0.2) is 0 Å². The lowest BCUT2D eigenvalue weighted by Crippen LogP contribution is -1.89. The van der Waals surface area contributed by atoms with E-state index in [9.17, 15) is 0 Å². The third-order valence-corrected chi connectivity index (χ3v) is 2.33. The Hall–Kier alpha value is -2.23. The van der Waals surface area contributed by atoms with Crippen LogP contribution in [0, 0.1) is 6.92 Å². The first-order valence-electron chi connectivity index (χ1n) is 5.25. The Labute approximate surface area is 100 Å². The molecule has 0 fully saturated rings. The highest BCUT2D eigenvalue weighted by atomic mass is 16.5. The summed E-state index contributed by atoms with van der Waals surface area (Å²) in [6, 6.07) is 5.82. The maximum Gasteiger partial charge on any atom is 0.144 e. The summed E-state index contributed by atoms with van der Waals surface area (Å²) in [4.78, 5) is 12.5. The Morgan fingerprint density at radius 2 is 2.18 bits per heavy atom. The van der Waals surface area contributed by atoms with Gasteiger partial charge in [0.05, 0.1) is 25.2 Å². The SMILES string of the molecule is COc1cccc(C)c1/N=C/c1cnccn1. The minimum absolute atomic E-state index is 0.720. The van der Waals surface area contributed by atoms with E-state index >= 15 is 0 Å². The van der Waals surface area contributed by atoms with Gasteiger partial charge in [-0.25, -0.2) is 0 Å². The Morgan fingerprint density at radius 3 is 2.88 bits per heavy atom. The van der Waals surface area contributed by atoms with Crippen LogP contribution < -0.4 is 4.74 Å². The van der Waals surface area contributed by atoms with Gasteiger partial charge >= 0.3 is 0 Å². The molecule has 0 saturated heterocycles. The van der Waals surface area contributed by atoms with E-state index in [0.717, 1.165) is 22.7 Å². The van der Waals surface area contributed by atoms with E-state index in [4.69, 9.17) is 4.74 Å². The van der Waals surface area contributed by atoms with Crippen LogP contribution in [0.25, 0.3) is 0 Å². The molecule has 0 aliphatic rings. The van der Waals surface area contributed by atoms with E-state index < -0.39 is 0 Å². The van der Waals surface area contributed by atoms with E-state index in [2.05, 4.69) is 15.0 Å². The molecule has 0 spiro atoms. The highest BCUT2D eigenvalue weighted by Crippen LogP contribution is 2.30. The Morgan fingerprint density at radius 1 is 1.29 bits per heavy atom. The van der Waals surface area contributed by atoms with E-state index in [1.807, 2.05) is 25.1 Å². The molecule has 17 heavy (non-hydrogen) atoms. The van der Waals surface area contributed by atoms with Crippen molar-refractivity contribution < 1.29 is 4.74 Å². The molecule has 0 radical (unpaired) electrons. The van der Waals surface area contributed by atoms with Crippen LogP contribution in [0.15, 0.2) is 41.8 Å². The van der Waals surface area contributed by atoms with E-state index in [1.165, 1.54) is 0 Å². The fraction of sp³-hybridized carbons (Fsp3) is 0.154. The van der Waals surface area contributed by atoms with Gasteiger partial charge in [-0.05, 0) is 18.6 Å². The molecule has 0 amide bonds. The molecule has 0 N–H and O–H groups in total. The van der Waals surface area contributed by atoms with Crippen molar-refractivity contribution in [1.82, 2.24) is 9.97 Å². The summed E-state index contributed by atoms with van der Waals surface area (Å²) in [5, 5.41) is 0. The second-order valence-corrected chi connectivity index (χ2v) is 3.51. The number of nitrogens with zero attached hydrogens (tertiary/aromatic N) is 3. The van der Waals surface area contributed by atoms with Crippen LogP contribution in [-0.2, 0) is 0 Å². The van der Waals surface area contributed by atoms with Gasteiger partial charge < -0.3 is 4.74 Å². The highest BCUT2D eigenvalue weighted by Gasteiger charge is 2.03. The third kappa shape index (κ3) is 2.66. The first-order valence-corrected chi connectivity index (χ1v) is 5.25. The number of hydrogen-bond donors (Lipinski definition) is 0. The molecule has 0 bridgehead atoms. The smallest absolute Gasteiger partial charge is 0.144 e. The molecule has 4 nitrogen and oxygen atoms in total. The Balaban J connectivity index is 2.33. The van der Waals surface area contributed by atoms with Crippen LogP contribution in [0.1, 0.15) is 11.3 Å². The van der Waals surface area contributed by atoms with Crippen LogP contribution in [0.5, 0.6) is 5.75 Å². The van der Waals surface area contributed by atoms with Crippen molar-refractivity contribution >= 4 is 11.9 Å². The number of methoxy groups -OCH3 is 1. The Bertz CT molecular complexity index is 523. The van der Waals surface area contributed by atoms with Crippen molar-refractivity contribution in [3.63, 3.8) is 0 Å². The van der Waals surface area contributed by atoms with Gasteiger partial charge in [0.2, 0.25) is 0 Å². The number of aromatic nitrogens is 2. The molecular weight excluding hydrogens is 214 g/mol. The first-order chi connectivity index (χ1) is 8.31. The predicted octanol–water partition coefficient (Wildman–Crippen LogP) is 2.54. The maximum atomic E-state index is 5.26. The van der Waals surface area contributed by atoms with Crippen molar-refractivity contribution in [1.29, 1.82) is 0 Å². The number of aliphatic imine (C=N–C) groups is 1. The number of aryl methyl sites for hydroxylation is 1. The molecule has 86 valence electrons. The normalized spacial score (nSPS) is 10.7. The Kier molecular flexibility index (Phi) is 3.45. The topological polar surface area (TPSA) is 47.4 Å². The second kappa shape index (κ2) is 5.21. The number of para-hydroxylation sites is 1. The molecule has 0 aliphatic carbocycles. The molecule has 0 aliphatic heterocycles. The van der Waals surface area contributed by atoms with Crippen LogP contribution in [-0.4, -0.2) is 23.3 Å². The van der Waals surface area contributed by atoms with Crippen molar-refractivity contribution in [3.05, 3.63) is 48.0 Å².